The van der Waals surface area contributed by atoms with Gasteiger partial charge in [0.1, 0.15) is 9.88 Å². The number of fused-ring (bicyclic) bond motifs is 2. The topological polar surface area (TPSA) is 124 Å². The Morgan fingerprint density at radius 3 is 2.36 bits per heavy atom. The van der Waals surface area contributed by atoms with Gasteiger partial charge in [0.2, 0.25) is 0 Å². The zero-order chi connectivity index (χ0) is 32.1. The highest BCUT2D eigenvalue weighted by Gasteiger charge is 2.31. The second-order valence-corrected chi connectivity index (χ2v) is 11.6. The fraction of sp³-hybridized carbons (Fsp3) is 0.324. The molecule has 1 aliphatic rings. The number of nitrogens with one attached hydrogen (secondary N) is 1. The van der Waals surface area contributed by atoms with Crippen LogP contribution in [0.4, 0.5) is 5.00 Å². The molecule has 10 nitrogen and oxygen atoms in total. The van der Waals surface area contributed by atoms with Crippen molar-refractivity contribution in [1.29, 1.82) is 0 Å². The van der Waals surface area contributed by atoms with E-state index in [0.717, 1.165) is 35.7 Å². The highest BCUT2D eigenvalue weighted by Crippen LogP contribution is 2.35. The number of anilines is 1. The fourth-order valence-electron chi connectivity index (χ4n) is 5.38. The molecule has 0 spiro atoms. The van der Waals surface area contributed by atoms with Crippen molar-refractivity contribution in [2.75, 3.05) is 25.1 Å². The lowest BCUT2D eigenvalue weighted by Crippen LogP contribution is -2.34. The van der Waals surface area contributed by atoms with Gasteiger partial charge in [-0.25, -0.2) is 14.4 Å². The summed E-state index contributed by atoms with van der Waals surface area (Å²) in [6.07, 6.45) is -0.562. The molecule has 11 heteroatoms. The van der Waals surface area contributed by atoms with Gasteiger partial charge in [-0.15, -0.1) is 11.3 Å². The van der Waals surface area contributed by atoms with Gasteiger partial charge in [0.15, 0.2) is 6.10 Å². The molecule has 1 atom stereocenters. The number of hydrogen-bond donors (Lipinski definition) is 1. The summed E-state index contributed by atoms with van der Waals surface area (Å²) in [4.78, 5) is 59.8. The Hall–Kier alpha value is -4.61. The van der Waals surface area contributed by atoms with Gasteiger partial charge in [-0.1, -0.05) is 48.5 Å². The minimum atomic E-state index is -1.23. The molecule has 0 bridgehead atoms. The van der Waals surface area contributed by atoms with Crippen LogP contribution in [-0.2, 0) is 38.5 Å². The lowest BCUT2D eigenvalue weighted by atomic mass is 9.95. The molecule has 0 fully saturated rings. The van der Waals surface area contributed by atoms with Crippen molar-refractivity contribution in [2.24, 2.45) is 0 Å². The Morgan fingerprint density at radius 1 is 0.933 bits per heavy atom. The van der Waals surface area contributed by atoms with Gasteiger partial charge in [0, 0.05) is 42.7 Å². The third-order valence-corrected chi connectivity index (χ3v) is 8.74. The zero-order valence-electron chi connectivity index (χ0n) is 25.7. The van der Waals surface area contributed by atoms with Crippen LogP contribution < -0.4 is 5.32 Å². The van der Waals surface area contributed by atoms with Crippen molar-refractivity contribution in [3.8, 4) is 0 Å². The number of hydrogen-bond acceptors (Lipinski definition) is 10. The lowest BCUT2D eigenvalue weighted by molar-refractivity contribution is -0.123. The highest BCUT2D eigenvalue weighted by molar-refractivity contribution is 7.18. The number of thiophene rings is 1. The highest BCUT2D eigenvalue weighted by atomic mass is 32.1. The van der Waals surface area contributed by atoms with Crippen LogP contribution in [-0.4, -0.2) is 59.6 Å². The number of carbonyl (C=O) groups excluding carboxylic acids is 4. The number of carbonyl (C=O) groups is 4. The summed E-state index contributed by atoms with van der Waals surface area (Å²) in [5.41, 5.74) is 4.25. The molecule has 1 unspecified atom stereocenters. The first-order valence-electron chi connectivity index (χ1n) is 14.9. The average molecular weight is 630 g/mol. The normalized spacial score (nSPS) is 13.5. The van der Waals surface area contributed by atoms with E-state index in [1.165, 1.54) is 12.5 Å². The standard InChI is InChI=1S/C34H35N3O7S/c1-5-42-32(39)27-20(3)29(34(41)43-6-2)45-31(27)36-30(38)21(4)44-33(40)28-23-14-10-11-15-25(23)35-26-16-17-37(19-24(26)28)18-22-12-8-7-9-13-22/h7-15,21H,5-6,16-19H2,1-4H3,(H,36,38). The number of aromatic nitrogens is 1. The predicted molar refractivity (Wildman–Crippen MR) is 170 cm³/mol. The van der Waals surface area contributed by atoms with Crippen LogP contribution in [0.15, 0.2) is 54.6 Å². The molecule has 2 aromatic heterocycles. The molecule has 2 aromatic carbocycles. The van der Waals surface area contributed by atoms with E-state index in [4.69, 9.17) is 19.2 Å². The van der Waals surface area contributed by atoms with Crippen LogP contribution in [0.1, 0.15) is 73.5 Å². The van der Waals surface area contributed by atoms with E-state index >= 15 is 0 Å². The van der Waals surface area contributed by atoms with Crippen molar-refractivity contribution in [3.05, 3.63) is 93.0 Å². The summed E-state index contributed by atoms with van der Waals surface area (Å²) in [6.45, 7) is 8.65. The number of nitrogens with zero attached hydrogens (tertiary/aromatic N) is 2. The molecule has 5 rings (SSSR count). The molecule has 0 saturated heterocycles. The smallest absolute Gasteiger partial charge is 0.348 e. The molecule has 234 valence electrons. The number of benzene rings is 2. The summed E-state index contributed by atoms with van der Waals surface area (Å²) in [5.74, 6) is -2.60. The van der Waals surface area contributed by atoms with Gasteiger partial charge < -0.3 is 19.5 Å². The first kappa shape index (κ1) is 31.8. The molecule has 1 aliphatic heterocycles. The van der Waals surface area contributed by atoms with Gasteiger partial charge in [-0.3, -0.25) is 14.7 Å². The molecule has 4 aromatic rings. The Balaban J connectivity index is 1.40. The maximum absolute atomic E-state index is 13.9. The Bertz CT molecular complexity index is 1750. The van der Waals surface area contributed by atoms with Crippen LogP contribution in [0, 0.1) is 6.92 Å². The number of amides is 1. The second kappa shape index (κ2) is 14.0. The molecule has 0 radical (unpaired) electrons. The van der Waals surface area contributed by atoms with E-state index in [9.17, 15) is 19.2 Å². The molecule has 1 amide bonds. The Kier molecular flexibility index (Phi) is 9.90. The molecule has 45 heavy (non-hydrogen) atoms. The molecule has 0 saturated carbocycles. The minimum Gasteiger partial charge on any atom is -0.462 e. The largest absolute Gasteiger partial charge is 0.462 e. The summed E-state index contributed by atoms with van der Waals surface area (Å²) < 4.78 is 16.1. The monoisotopic (exact) mass is 629 g/mol. The van der Waals surface area contributed by atoms with E-state index < -0.39 is 29.9 Å². The first-order valence-corrected chi connectivity index (χ1v) is 15.7. The van der Waals surface area contributed by atoms with Crippen molar-refractivity contribution in [2.45, 2.75) is 53.3 Å². The van der Waals surface area contributed by atoms with Crippen molar-refractivity contribution in [3.63, 3.8) is 0 Å². The number of ether oxygens (including phenoxy) is 3. The molecular formula is C34H35N3O7S. The fourth-order valence-corrected chi connectivity index (χ4v) is 6.48. The lowest BCUT2D eigenvalue weighted by Gasteiger charge is -2.30. The SMILES string of the molecule is CCOC(=O)c1sc(NC(=O)C(C)OC(=O)c2c3c(nc4ccccc24)CCN(Cc2ccccc2)C3)c(C(=O)OCC)c1C. The molecule has 0 aliphatic carbocycles. The zero-order valence-corrected chi connectivity index (χ0v) is 26.5. The van der Waals surface area contributed by atoms with Crippen LogP contribution >= 0.6 is 11.3 Å². The van der Waals surface area contributed by atoms with Crippen LogP contribution in [0.3, 0.4) is 0 Å². The van der Waals surface area contributed by atoms with Gasteiger partial charge >= 0.3 is 17.9 Å². The summed E-state index contributed by atoms with van der Waals surface area (Å²) in [5, 5.41) is 3.43. The number of rotatable bonds is 10. The average Bonchev–Trinajstić information content (AvgIpc) is 3.35. The van der Waals surface area contributed by atoms with Crippen LogP contribution in [0.25, 0.3) is 10.9 Å². The quantitative estimate of drug-likeness (QED) is 0.174. The van der Waals surface area contributed by atoms with Gasteiger partial charge in [-0.2, -0.15) is 0 Å². The summed E-state index contributed by atoms with van der Waals surface area (Å²) >= 11 is 0.909. The molecule has 3 heterocycles. The molecular weight excluding hydrogens is 594 g/mol. The summed E-state index contributed by atoms with van der Waals surface area (Å²) in [6, 6.07) is 17.5. The van der Waals surface area contributed by atoms with Crippen molar-refractivity contribution >= 4 is 51.1 Å². The van der Waals surface area contributed by atoms with Crippen molar-refractivity contribution in [1.82, 2.24) is 9.88 Å². The van der Waals surface area contributed by atoms with Crippen LogP contribution in [0.5, 0.6) is 0 Å². The number of para-hydroxylation sites is 1. The van der Waals surface area contributed by atoms with Gasteiger partial charge in [-0.05, 0) is 44.9 Å². The Labute approximate surface area is 265 Å². The third kappa shape index (κ3) is 6.89. The van der Waals surface area contributed by atoms with E-state index in [2.05, 4.69) is 22.3 Å². The van der Waals surface area contributed by atoms with E-state index in [-0.39, 0.29) is 28.7 Å². The minimum absolute atomic E-state index is 0.0597. The summed E-state index contributed by atoms with van der Waals surface area (Å²) in [7, 11) is 0. The van der Waals surface area contributed by atoms with E-state index in [0.29, 0.717) is 35.0 Å². The molecule has 1 N–H and O–H groups in total. The van der Waals surface area contributed by atoms with E-state index in [1.54, 1.807) is 20.8 Å². The van der Waals surface area contributed by atoms with E-state index in [1.807, 2.05) is 42.5 Å². The number of pyridine rings is 1. The van der Waals surface area contributed by atoms with Crippen LogP contribution in [0.2, 0.25) is 0 Å². The maximum Gasteiger partial charge on any atom is 0.348 e. The second-order valence-electron chi connectivity index (χ2n) is 10.6. The van der Waals surface area contributed by atoms with Gasteiger partial charge in [0.25, 0.3) is 5.91 Å². The van der Waals surface area contributed by atoms with Crippen molar-refractivity contribution < 1.29 is 33.4 Å². The number of esters is 3. The predicted octanol–water partition coefficient (Wildman–Crippen LogP) is 5.70. The van der Waals surface area contributed by atoms with Gasteiger partial charge in [0.05, 0.1) is 29.9 Å². The Morgan fingerprint density at radius 2 is 1.62 bits per heavy atom. The first-order chi connectivity index (χ1) is 21.7. The maximum atomic E-state index is 13.9. The third-order valence-electron chi connectivity index (χ3n) is 7.56.